The van der Waals surface area contributed by atoms with Crippen LogP contribution in [-0.4, -0.2) is 43.3 Å². The predicted molar refractivity (Wildman–Crippen MR) is 57.2 cm³/mol. The number of hydrogen-bond donors (Lipinski definition) is 1. The zero-order valence-electron chi connectivity index (χ0n) is 8.95. The highest BCUT2D eigenvalue weighted by molar-refractivity contribution is 4.85. The molecule has 2 aliphatic rings. The highest BCUT2D eigenvalue weighted by atomic mass is 16.5. The van der Waals surface area contributed by atoms with Crippen LogP contribution in [0.25, 0.3) is 0 Å². The highest BCUT2D eigenvalue weighted by Gasteiger charge is 2.27. The van der Waals surface area contributed by atoms with E-state index >= 15 is 0 Å². The molecule has 2 rings (SSSR count). The molecular weight excluding hydrogens is 176 g/mol. The zero-order chi connectivity index (χ0) is 9.80. The van der Waals surface area contributed by atoms with Gasteiger partial charge in [-0.15, -0.1) is 0 Å². The number of ether oxygens (including phenoxy) is 1. The van der Waals surface area contributed by atoms with Gasteiger partial charge in [0.2, 0.25) is 0 Å². The van der Waals surface area contributed by atoms with E-state index in [2.05, 4.69) is 4.90 Å². The van der Waals surface area contributed by atoms with Crippen molar-refractivity contribution in [3.05, 3.63) is 0 Å². The van der Waals surface area contributed by atoms with E-state index in [-0.39, 0.29) is 0 Å². The van der Waals surface area contributed by atoms with E-state index < -0.39 is 0 Å². The molecular formula is C11H22N2O. The molecule has 3 heteroatoms. The molecule has 2 atom stereocenters. The summed E-state index contributed by atoms with van der Waals surface area (Å²) >= 11 is 0. The van der Waals surface area contributed by atoms with E-state index in [9.17, 15) is 0 Å². The van der Waals surface area contributed by atoms with Gasteiger partial charge in [0.05, 0.1) is 13.2 Å². The second kappa shape index (κ2) is 5.10. The van der Waals surface area contributed by atoms with Crippen LogP contribution in [-0.2, 0) is 4.74 Å². The van der Waals surface area contributed by atoms with Crippen molar-refractivity contribution in [1.29, 1.82) is 0 Å². The summed E-state index contributed by atoms with van der Waals surface area (Å²) in [4.78, 5) is 2.54. The Morgan fingerprint density at radius 2 is 1.71 bits per heavy atom. The Morgan fingerprint density at radius 1 is 1.00 bits per heavy atom. The van der Waals surface area contributed by atoms with Gasteiger partial charge >= 0.3 is 0 Å². The van der Waals surface area contributed by atoms with Gasteiger partial charge in [-0.25, -0.2) is 0 Å². The molecule has 1 aliphatic heterocycles. The quantitative estimate of drug-likeness (QED) is 0.638. The average molecular weight is 198 g/mol. The Kier molecular flexibility index (Phi) is 3.79. The van der Waals surface area contributed by atoms with Crippen molar-refractivity contribution in [2.24, 2.45) is 5.73 Å². The molecule has 2 N–H and O–H groups in total. The zero-order valence-corrected chi connectivity index (χ0v) is 8.95. The molecule has 2 unspecified atom stereocenters. The molecule has 0 amide bonds. The van der Waals surface area contributed by atoms with Crippen LogP contribution in [0.1, 0.15) is 32.1 Å². The van der Waals surface area contributed by atoms with Crippen molar-refractivity contribution in [3.8, 4) is 0 Å². The van der Waals surface area contributed by atoms with Gasteiger partial charge in [-0.05, 0) is 12.8 Å². The number of morpholine rings is 1. The fraction of sp³-hybridized carbons (Fsp3) is 1.00. The topological polar surface area (TPSA) is 38.5 Å². The Balaban J connectivity index is 1.91. The molecule has 1 heterocycles. The number of hydrogen-bond acceptors (Lipinski definition) is 3. The number of nitrogens with two attached hydrogens (primary N) is 1. The van der Waals surface area contributed by atoms with Crippen LogP contribution < -0.4 is 5.73 Å². The molecule has 14 heavy (non-hydrogen) atoms. The van der Waals surface area contributed by atoms with Crippen LogP contribution in [0.2, 0.25) is 0 Å². The van der Waals surface area contributed by atoms with Gasteiger partial charge in [0, 0.05) is 25.2 Å². The second-order valence-electron chi connectivity index (χ2n) is 4.52. The van der Waals surface area contributed by atoms with Gasteiger partial charge in [0.25, 0.3) is 0 Å². The first-order valence-corrected chi connectivity index (χ1v) is 5.95. The Labute approximate surface area is 86.6 Å². The van der Waals surface area contributed by atoms with Crippen molar-refractivity contribution >= 4 is 0 Å². The van der Waals surface area contributed by atoms with E-state index in [4.69, 9.17) is 10.5 Å². The molecule has 0 aromatic heterocycles. The lowest BCUT2D eigenvalue weighted by Crippen LogP contribution is -2.51. The highest BCUT2D eigenvalue weighted by Crippen LogP contribution is 2.21. The van der Waals surface area contributed by atoms with Crippen LogP contribution in [0.5, 0.6) is 0 Å². The largest absolute Gasteiger partial charge is 0.379 e. The fourth-order valence-corrected chi connectivity index (χ4v) is 2.68. The van der Waals surface area contributed by atoms with E-state index in [1.807, 2.05) is 0 Å². The molecule has 0 spiro atoms. The third-order valence-electron chi connectivity index (χ3n) is 3.55. The van der Waals surface area contributed by atoms with E-state index in [0.29, 0.717) is 12.1 Å². The van der Waals surface area contributed by atoms with Crippen LogP contribution in [0.15, 0.2) is 0 Å². The van der Waals surface area contributed by atoms with Crippen molar-refractivity contribution < 1.29 is 4.74 Å². The summed E-state index contributed by atoms with van der Waals surface area (Å²) in [6.07, 6.45) is 6.55. The van der Waals surface area contributed by atoms with Gasteiger partial charge in [0.1, 0.15) is 0 Å². The monoisotopic (exact) mass is 198 g/mol. The minimum absolute atomic E-state index is 0.399. The maximum absolute atomic E-state index is 6.23. The average Bonchev–Trinajstić information content (AvgIpc) is 2.44. The Bertz CT molecular complexity index is 169. The summed E-state index contributed by atoms with van der Waals surface area (Å²) in [5, 5.41) is 0. The molecule has 1 saturated heterocycles. The van der Waals surface area contributed by atoms with Crippen molar-refractivity contribution in [1.82, 2.24) is 4.90 Å². The standard InChI is InChI=1S/C11H22N2O/c12-10-4-2-1-3-5-11(10)13-6-8-14-9-7-13/h10-11H,1-9,12H2. The second-order valence-corrected chi connectivity index (χ2v) is 4.52. The van der Waals surface area contributed by atoms with Crippen LogP contribution in [0, 0.1) is 0 Å². The van der Waals surface area contributed by atoms with Crippen LogP contribution >= 0.6 is 0 Å². The van der Waals surface area contributed by atoms with Gasteiger partial charge in [-0.3, -0.25) is 4.90 Å². The molecule has 1 saturated carbocycles. The lowest BCUT2D eigenvalue weighted by Gasteiger charge is -2.37. The molecule has 3 nitrogen and oxygen atoms in total. The third-order valence-corrected chi connectivity index (χ3v) is 3.55. The number of nitrogens with zero attached hydrogens (tertiary/aromatic N) is 1. The van der Waals surface area contributed by atoms with E-state index in [0.717, 1.165) is 26.3 Å². The minimum atomic E-state index is 0.399. The SMILES string of the molecule is NC1CCCCCC1N1CCOCC1. The molecule has 0 bridgehead atoms. The van der Waals surface area contributed by atoms with Gasteiger partial charge in [-0.1, -0.05) is 19.3 Å². The summed E-state index contributed by atoms with van der Waals surface area (Å²) in [6, 6.07) is 1.02. The maximum Gasteiger partial charge on any atom is 0.0594 e. The molecule has 0 aromatic rings. The first-order chi connectivity index (χ1) is 6.88. The van der Waals surface area contributed by atoms with Crippen molar-refractivity contribution in [3.63, 3.8) is 0 Å². The lowest BCUT2D eigenvalue weighted by atomic mass is 10.0. The third kappa shape index (κ3) is 2.47. The molecule has 82 valence electrons. The molecule has 1 aliphatic carbocycles. The predicted octanol–water partition coefficient (Wildman–Crippen LogP) is 0.979. The Morgan fingerprint density at radius 3 is 2.50 bits per heavy atom. The fourth-order valence-electron chi connectivity index (χ4n) is 2.68. The van der Waals surface area contributed by atoms with Crippen LogP contribution in [0.4, 0.5) is 0 Å². The first kappa shape index (κ1) is 10.4. The van der Waals surface area contributed by atoms with Crippen molar-refractivity contribution in [2.45, 2.75) is 44.2 Å². The van der Waals surface area contributed by atoms with Gasteiger partial charge in [-0.2, -0.15) is 0 Å². The molecule has 0 radical (unpaired) electrons. The minimum Gasteiger partial charge on any atom is -0.379 e. The summed E-state index contributed by atoms with van der Waals surface area (Å²) in [6.45, 7) is 3.95. The van der Waals surface area contributed by atoms with Crippen LogP contribution in [0.3, 0.4) is 0 Å². The summed E-state index contributed by atoms with van der Waals surface area (Å²) in [5.74, 6) is 0. The summed E-state index contributed by atoms with van der Waals surface area (Å²) in [7, 11) is 0. The lowest BCUT2D eigenvalue weighted by molar-refractivity contribution is 0.00950. The normalized spacial score (nSPS) is 36.6. The molecule has 2 fully saturated rings. The smallest absolute Gasteiger partial charge is 0.0594 e. The van der Waals surface area contributed by atoms with Gasteiger partial charge in [0.15, 0.2) is 0 Å². The van der Waals surface area contributed by atoms with Crippen molar-refractivity contribution in [2.75, 3.05) is 26.3 Å². The Hall–Kier alpha value is -0.120. The summed E-state index contributed by atoms with van der Waals surface area (Å²) in [5.41, 5.74) is 6.23. The first-order valence-electron chi connectivity index (χ1n) is 5.95. The molecule has 0 aromatic carbocycles. The summed E-state index contributed by atoms with van der Waals surface area (Å²) < 4.78 is 5.37. The van der Waals surface area contributed by atoms with E-state index in [1.54, 1.807) is 0 Å². The van der Waals surface area contributed by atoms with E-state index in [1.165, 1.54) is 32.1 Å². The maximum atomic E-state index is 6.23. The van der Waals surface area contributed by atoms with Gasteiger partial charge < -0.3 is 10.5 Å². The number of rotatable bonds is 1.